The SMILES string of the molecule is CC(C)(C)C1=C2C3C=CC=CC3N3C4=CC5c6ccc(C(C)(C)C)c7c6N(C5C=C4C(C=C1)C23)C1C=CC=CC71. The summed E-state index contributed by atoms with van der Waals surface area (Å²) in [6, 6.07) is 6.61. The van der Waals surface area contributed by atoms with E-state index in [-0.39, 0.29) is 10.8 Å². The lowest BCUT2D eigenvalue weighted by molar-refractivity contribution is 0.303. The maximum absolute atomic E-state index is 2.83. The summed E-state index contributed by atoms with van der Waals surface area (Å²) in [6.45, 7) is 14.3. The fraction of sp³-hybridized carbons (Fsp3) is 0.421. The van der Waals surface area contributed by atoms with E-state index in [0.29, 0.717) is 47.8 Å². The molecule has 0 aromatic heterocycles. The van der Waals surface area contributed by atoms with E-state index in [1.807, 2.05) is 0 Å². The van der Waals surface area contributed by atoms with E-state index >= 15 is 0 Å². The molecule has 4 aliphatic heterocycles. The van der Waals surface area contributed by atoms with Crippen molar-refractivity contribution in [2.75, 3.05) is 4.90 Å². The summed E-state index contributed by atoms with van der Waals surface area (Å²) in [4.78, 5) is 5.64. The van der Waals surface area contributed by atoms with Crippen molar-refractivity contribution in [3.63, 3.8) is 0 Å². The minimum atomic E-state index is 0.125. The summed E-state index contributed by atoms with van der Waals surface area (Å²) in [6.07, 6.45) is 29.4. The van der Waals surface area contributed by atoms with Crippen LogP contribution >= 0.6 is 0 Å². The minimum absolute atomic E-state index is 0.125. The molecule has 8 atom stereocenters. The molecule has 4 aliphatic carbocycles. The molecule has 0 radical (unpaired) electrons. The van der Waals surface area contributed by atoms with Gasteiger partial charge in [-0.25, -0.2) is 0 Å². The van der Waals surface area contributed by atoms with Crippen LogP contribution in [-0.2, 0) is 5.41 Å². The summed E-state index contributed by atoms with van der Waals surface area (Å²) in [7, 11) is 0. The standard InChI is InChI=1S/C38H40N2/c1-37(2,3)27-17-15-21-25-19-32-26(20-31(25)39-29-13-9-7-11-23(29)33(27)35(21)39)22-16-18-28(38(4,5)6)34-24-12-8-10-14-30(24)40(32)36(22)34/h7-21,23-24,26,29-30,32,35H,1-6H3. The van der Waals surface area contributed by atoms with Gasteiger partial charge in [0.25, 0.3) is 0 Å². The van der Waals surface area contributed by atoms with Gasteiger partial charge in [-0.3, -0.25) is 0 Å². The molecular formula is C38H40N2. The van der Waals surface area contributed by atoms with Crippen molar-refractivity contribution in [3.05, 3.63) is 124 Å². The fourth-order valence-electron chi connectivity index (χ4n) is 9.64. The van der Waals surface area contributed by atoms with Gasteiger partial charge in [0, 0.05) is 35.1 Å². The van der Waals surface area contributed by atoms with Gasteiger partial charge in [-0.15, -0.1) is 0 Å². The largest absolute Gasteiger partial charge is 0.356 e. The van der Waals surface area contributed by atoms with E-state index < -0.39 is 0 Å². The Labute approximate surface area is 239 Å². The number of allylic oxidation sites excluding steroid dienone is 7. The van der Waals surface area contributed by atoms with Gasteiger partial charge in [-0.05, 0) is 44.2 Å². The molecule has 1 aromatic rings. The first kappa shape index (κ1) is 23.4. The Balaban J connectivity index is 1.24. The van der Waals surface area contributed by atoms with Gasteiger partial charge in [0.05, 0.1) is 24.2 Å². The highest BCUT2D eigenvalue weighted by atomic mass is 15.3. The van der Waals surface area contributed by atoms with Crippen LogP contribution in [0.2, 0.25) is 0 Å². The molecule has 1 aromatic carbocycles. The first-order valence-electron chi connectivity index (χ1n) is 15.5. The molecule has 8 unspecified atom stereocenters. The summed E-state index contributed by atoms with van der Waals surface area (Å²) >= 11 is 0. The van der Waals surface area contributed by atoms with Crippen LogP contribution in [0.3, 0.4) is 0 Å². The third-order valence-corrected chi connectivity index (χ3v) is 11.1. The zero-order valence-corrected chi connectivity index (χ0v) is 24.6. The smallest absolute Gasteiger partial charge is 0.0625 e. The quantitative estimate of drug-likeness (QED) is 0.339. The number of benzene rings is 1. The van der Waals surface area contributed by atoms with Crippen molar-refractivity contribution >= 4 is 5.69 Å². The van der Waals surface area contributed by atoms with Gasteiger partial charge in [0.2, 0.25) is 0 Å². The Morgan fingerprint density at radius 1 is 0.625 bits per heavy atom. The van der Waals surface area contributed by atoms with E-state index in [9.17, 15) is 0 Å². The molecule has 0 amide bonds. The molecule has 2 saturated heterocycles. The monoisotopic (exact) mass is 524 g/mol. The van der Waals surface area contributed by atoms with Crippen molar-refractivity contribution in [2.24, 2.45) is 17.3 Å². The second-order valence-electron chi connectivity index (χ2n) is 15.2. The van der Waals surface area contributed by atoms with Crippen molar-refractivity contribution in [1.29, 1.82) is 0 Å². The lowest BCUT2D eigenvalue weighted by atomic mass is 9.70. The normalized spacial score (nSPS) is 36.9. The summed E-state index contributed by atoms with van der Waals surface area (Å²) < 4.78 is 0. The Morgan fingerprint density at radius 3 is 2.05 bits per heavy atom. The fourth-order valence-corrected chi connectivity index (χ4v) is 9.64. The molecule has 4 heterocycles. The first-order valence-corrected chi connectivity index (χ1v) is 15.5. The minimum Gasteiger partial charge on any atom is -0.356 e. The van der Waals surface area contributed by atoms with Crippen molar-refractivity contribution in [3.8, 4) is 0 Å². The zero-order valence-electron chi connectivity index (χ0n) is 24.6. The van der Waals surface area contributed by atoms with E-state index in [2.05, 4.69) is 136 Å². The van der Waals surface area contributed by atoms with Gasteiger partial charge < -0.3 is 9.80 Å². The highest BCUT2D eigenvalue weighted by molar-refractivity contribution is 5.80. The van der Waals surface area contributed by atoms with Crippen LogP contribution in [0.25, 0.3) is 0 Å². The number of hydrogen-bond donors (Lipinski definition) is 0. The highest BCUT2D eigenvalue weighted by Crippen LogP contribution is 2.63. The summed E-state index contributed by atoms with van der Waals surface area (Å²) in [5.41, 5.74) is 12.7. The number of hydrogen-bond acceptors (Lipinski definition) is 2. The van der Waals surface area contributed by atoms with E-state index in [1.165, 1.54) is 16.9 Å². The lowest BCUT2D eigenvalue weighted by Gasteiger charge is -2.37. The van der Waals surface area contributed by atoms with Crippen LogP contribution in [0.1, 0.15) is 70.1 Å². The maximum Gasteiger partial charge on any atom is 0.0625 e. The van der Waals surface area contributed by atoms with Crippen molar-refractivity contribution < 1.29 is 0 Å². The second-order valence-corrected chi connectivity index (χ2v) is 15.2. The average Bonchev–Trinajstić information content (AvgIpc) is 3.63. The summed E-state index contributed by atoms with van der Waals surface area (Å²) in [5.74, 6) is 1.77. The molecule has 2 heteroatoms. The van der Waals surface area contributed by atoms with Crippen LogP contribution in [-0.4, -0.2) is 29.1 Å². The second kappa shape index (κ2) is 7.32. The van der Waals surface area contributed by atoms with E-state index in [0.717, 1.165) is 0 Å². The third kappa shape index (κ3) is 2.71. The molecule has 0 spiro atoms. The Morgan fingerprint density at radius 2 is 1.32 bits per heavy atom. The van der Waals surface area contributed by atoms with Crippen LogP contribution in [0.4, 0.5) is 5.69 Å². The molecule has 202 valence electrons. The molecule has 0 N–H and O–H groups in total. The molecule has 2 fully saturated rings. The van der Waals surface area contributed by atoms with Crippen LogP contribution < -0.4 is 4.90 Å². The van der Waals surface area contributed by atoms with E-state index in [4.69, 9.17) is 0 Å². The predicted molar refractivity (Wildman–Crippen MR) is 165 cm³/mol. The first-order chi connectivity index (χ1) is 19.1. The van der Waals surface area contributed by atoms with E-state index in [1.54, 1.807) is 27.8 Å². The van der Waals surface area contributed by atoms with Gasteiger partial charge in [-0.1, -0.05) is 127 Å². The Hall–Kier alpha value is -3.26. The number of anilines is 1. The highest BCUT2D eigenvalue weighted by Gasteiger charge is 2.58. The molecular weight excluding hydrogens is 484 g/mol. The third-order valence-electron chi connectivity index (χ3n) is 11.1. The Bertz CT molecular complexity index is 1620. The lowest BCUT2D eigenvalue weighted by Crippen LogP contribution is -2.41. The molecule has 9 rings (SSSR count). The van der Waals surface area contributed by atoms with Crippen LogP contribution in [0.15, 0.2) is 107 Å². The molecule has 0 saturated carbocycles. The molecule has 8 aliphatic rings. The topological polar surface area (TPSA) is 6.48 Å². The van der Waals surface area contributed by atoms with Crippen molar-refractivity contribution in [2.45, 2.75) is 83.0 Å². The Kier molecular flexibility index (Phi) is 4.29. The predicted octanol–water partition coefficient (Wildman–Crippen LogP) is 8.01. The number of fused-ring (bicyclic) bond motifs is 12. The maximum atomic E-state index is 2.83. The van der Waals surface area contributed by atoms with Crippen LogP contribution in [0.5, 0.6) is 0 Å². The molecule has 2 nitrogen and oxygen atoms in total. The number of nitrogens with zero attached hydrogens (tertiary/aromatic N) is 2. The summed E-state index contributed by atoms with van der Waals surface area (Å²) in [5, 5.41) is 0. The van der Waals surface area contributed by atoms with Gasteiger partial charge >= 0.3 is 0 Å². The van der Waals surface area contributed by atoms with Gasteiger partial charge in [0.15, 0.2) is 0 Å². The van der Waals surface area contributed by atoms with Gasteiger partial charge in [0.1, 0.15) is 0 Å². The zero-order chi connectivity index (χ0) is 27.3. The molecule has 40 heavy (non-hydrogen) atoms. The van der Waals surface area contributed by atoms with Gasteiger partial charge in [-0.2, -0.15) is 0 Å². The average molecular weight is 525 g/mol. The molecule has 0 bridgehead atoms. The number of rotatable bonds is 0. The van der Waals surface area contributed by atoms with Crippen LogP contribution in [0, 0.1) is 17.3 Å². The van der Waals surface area contributed by atoms with Crippen molar-refractivity contribution in [1.82, 2.24) is 4.90 Å².